The molecule has 0 spiro atoms. The minimum Gasteiger partial charge on any atom is -0.496 e. The zero-order chi connectivity index (χ0) is 10.9. The number of hydrogen-bond donors (Lipinski definition) is 1. The van der Waals surface area contributed by atoms with Crippen LogP contribution in [0.4, 0.5) is 0 Å². The molecule has 1 atom stereocenters. The van der Waals surface area contributed by atoms with Gasteiger partial charge in [-0.05, 0) is 33.0 Å². The Balaban J connectivity index is 2.17. The summed E-state index contributed by atoms with van der Waals surface area (Å²) in [5.41, 5.74) is 6.52. The molecule has 0 amide bonds. The van der Waals surface area contributed by atoms with Crippen LogP contribution in [-0.2, 0) is 4.74 Å². The van der Waals surface area contributed by atoms with Gasteiger partial charge in [0.1, 0.15) is 5.76 Å². The van der Waals surface area contributed by atoms with Gasteiger partial charge in [0, 0.05) is 12.0 Å². The van der Waals surface area contributed by atoms with E-state index >= 15 is 0 Å². The average Bonchev–Trinajstić information content (AvgIpc) is 2.89. The zero-order valence-electron chi connectivity index (χ0n) is 9.83. The van der Waals surface area contributed by atoms with E-state index in [1.54, 1.807) is 0 Å². The molecule has 0 aromatic rings. The lowest BCUT2D eigenvalue weighted by molar-refractivity contribution is 0.102. The van der Waals surface area contributed by atoms with Crippen molar-refractivity contribution in [2.45, 2.75) is 43.7 Å². The van der Waals surface area contributed by atoms with E-state index in [-0.39, 0.29) is 11.6 Å². The predicted molar refractivity (Wildman–Crippen MR) is 61.5 cm³/mol. The Kier molecular flexibility index (Phi) is 3.03. The van der Waals surface area contributed by atoms with Gasteiger partial charge in [0.25, 0.3) is 0 Å². The van der Waals surface area contributed by atoms with Crippen molar-refractivity contribution in [2.75, 3.05) is 20.7 Å². The van der Waals surface area contributed by atoms with E-state index in [2.05, 4.69) is 25.1 Å². The first-order valence-corrected chi connectivity index (χ1v) is 5.93. The monoisotopic (exact) mass is 210 g/mol. The van der Waals surface area contributed by atoms with Crippen LogP contribution < -0.4 is 5.73 Å². The lowest BCUT2D eigenvalue weighted by Crippen LogP contribution is -2.56. The molecule has 1 saturated carbocycles. The Labute approximate surface area is 92.3 Å². The van der Waals surface area contributed by atoms with Crippen molar-refractivity contribution in [2.24, 2.45) is 5.73 Å². The third-order valence-corrected chi connectivity index (χ3v) is 3.98. The highest BCUT2D eigenvalue weighted by atomic mass is 16.5. The first kappa shape index (κ1) is 11.0. The molecule has 1 aliphatic carbocycles. The summed E-state index contributed by atoms with van der Waals surface area (Å²) in [6.07, 6.45) is 8.16. The number of likely N-dealkylation sites (N-methyl/N-ethyl adjacent to an activating group) is 1. The van der Waals surface area contributed by atoms with Gasteiger partial charge in [-0.2, -0.15) is 0 Å². The van der Waals surface area contributed by atoms with Crippen molar-refractivity contribution in [3.63, 3.8) is 0 Å². The highest BCUT2D eigenvalue weighted by Crippen LogP contribution is 2.39. The van der Waals surface area contributed by atoms with Crippen LogP contribution in [0.1, 0.15) is 32.1 Å². The van der Waals surface area contributed by atoms with Gasteiger partial charge < -0.3 is 15.4 Å². The summed E-state index contributed by atoms with van der Waals surface area (Å²) < 4.78 is 5.61. The normalized spacial score (nSPS) is 26.5. The molecule has 1 aliphatic heterocycles. The van der Waals surface area contributed by atoms with Gasteiger partial charge in [0.15, 0.2) is 0 Å². The average molecular weight is 210 g/mol. The van der Waals surface area contributed by atoms with E-state index in [1.807, 2.05) is 0 Å². The number of ether oxygens (including phenoxy) is 1. The Morgan fingerprint density at radius 1 is 1.40 bits per heavy atom. The molecule has 0 bridgehead atoms. The van der Waals surface area contributed by atoms with Gasteiger partial charge in [-0.1, -0.05) is 12.8 Å². The second-order valence-corrected chi connectivity index (χ2v) is 4.93. The Bertz CT molecular complexity index is 254. The lowest BCUT2D eigenvalue weighted by atomic mass is 9.86. The predicted octanol–water partition coefficient (Wildman–Crippen LogP) is 1.49. The van der Waals surface area contributed by atoms with Crippen LogP contribution in [0, 0.1) is 0 Å². The molecule has 0 radical (unpaired) electrons. The van der Waals surface area contributed by atoms with Crippen LogP contribution in [0.15, 0.2) is 11.8 Å². The molecule has 0 saturated heterocycles. The van der Waals surface area contributed by atoms with Gasteiger partial charge in [-0.3, -0.25) is 0 Å². The molecule has 2 aliphatic rings. The van der Waals surface area contributed by atoms with Crippen LogP contribution in [0.2, 0.25) is 0 Å². The number of nitrogens with zero attached hydrogens (tertiary/aromatic N) is 1. The summed E-state index contributed by atoms with van der Waals surface area (Å²) in [4.78, 5) is 2.30. The van der Waals surface area contributed by atoms with Crippen molar-refractivity contribution < 1.29 is 4.74 Å². The van der Waals surface area contributed by atoms with Gasteiger partial charge >= 0.3 is 0 Å². The molecule has 3 heteroatoms. The summed E-state index contributed by atoms with van der Waals surface area (Å²) >= 11 is 0. The van der Waals surface area contributed by atoms with Crippen molar-refractivity contribution in [3.05, 3.63) is 11.8 Å². The van der Waals surface area contributed by atoms with Crippen molar-refractivity contribution in [1.82, 2.24) is 4.90 Å². The SMILES string of the molecule is CN(C)C1(C(N)C2=CCCO2)CCCC1. The number of rotatable bonds is 3. The van der Waals surface area contributed by atoms with Gasteiger partial charge in [-0.15, -0.1) is 0 Å². The van der Waals surface area contributed by atoms with Crippen LogP contribution >= 0.6 is 0 Å². The Hall–Kier alpha value is -0.540. The fraction of sp³-hybridized carbons (Fsp3) is 0.833. The number of nitrogens with two attached hydrogens (primary N) is 1. The van der Waals surface area contributed by atoms with E-state index in [0.29, 0.717) is 0 Å². The molecular formula is C12H22N2O. The van der Waals surface area contributed by atoms with E-state index in [1.165, 1.54) is 25.7 Å². The summed E-state index contributed by atoms with van der Waals surface area (Å²) in [5, 5.41) is 0. The fourth-order valence-corrected chi connectivity index (χ4v) is 2.94. The molecule has 0 aromatic heterocycles. The third kappa shape index (κ3) is 1.79. The van der Waals surface area contributed by atoms with Crippen LogP contribution in [0.25, 0.3) is 0 Å². The summed E-state index contributed by atoms with van der Waals surface area (Å²) in [7, 11) is 4.28. The Morgan fingerprint density at radius 3 is 2.53 bits per heavy atom. The summed E-state index contributed by atoms with van der Waals surface area (Å²) in [6.45, 7) is 0.812. The van der Waals surface area contributed by atoms with Gasteiger partial charge in [0.05, 0.1) is 12.6 Å². The fourth-order valence-electron chi connectivity index (χ4n) is 2.94. The highest BCUT2D eigenvalue weighted by Gasteiger charge is 2.44. The smallest absolute Gasteiger partial charge is 0.111 e. The minimum absolute atomic E-state index is 0.0532. The maximum absolute atomic E-state index is 6.39. The Morgan fingerprint density at radius 2 is 2.07 bits per heavy atom. The molecule has 2 N–H and O–H groups in total. The zero-order valence-corrected chi connectivity index (χ0v) is 9.83. The maximum atomic E-state index is 6.39. The van der Waals surface area contributed by atoms with Crippen LogP contribution in [0.3, 0.4) is 0 Å². The van der Waals surface area contributed by atoms with Crippen molar-refractivity contribution in [3.8, 4) is 0 Å². The third-order valence-electron chi connectivity index (χ3n) is 3.98. The molecule has 3 nitrogen and oxygen atoms in total. The highest BCUT2D eigenvalue weighted by molar-refractivity contribution is 5.17. The first-order valence-electron chi connectivity index (χ1n) is 5.93. The van der Waals surface area contributed by atoms with Crippen LogP contribution in [-0.4, -0.2) is 37.2 Å². The second kappa shape index (κ2) is 4.14. The lowest BCUT2D eigenvalue weighted by Gasteiger charge is -2.41. The van der Waals surface area contributed by atoms with E-state index < -0.39 is 0 Å². The topological polar surface area (TPSA) is 38.5 Å². The standard InChI is InChI=1S/C12H22N2O/c1-14(2)12(7-3-4-8-12)11(13)10-6-5-9-15-10/h6,11H,3-5,7-9,13H2,1-2H3. The largest absolute Gasteiger partial charge is 0.496 e. The van der Waals surface area contributed by atoms with Crippen molar-refractivity contribution in [1.29, 1.82) is 0 Å². The maximum Gasteiger partial charge on any atom is 0.111 e. The molecule has 0 aromatic carbocycles. The molecular weight excluding hydrogens is 188 g/mol. The van der Waals surface area contributed by atoms with E-state index in [0.717, 1.165) is 18.8 Å². The van der Waals surface area contributed by atoms with Crippen molar-refractivity contribution >= 4 is 0 Å². The quantitative estimate of drug-likeness (QED) is 0.767. The molecule has 1 heterocycles. The van der Waals surface area contributed by atoms with Gasteiger partial charge in [-0.25, -0.2) is 0 Å². The van der Waals surface area contributed by atoms with Gasteiger partial charge in [0.2, 0.25) is 0 Å². The summed E-state index contributed by atoms with van der Waals surface area (Å²) in [5.74, 6) is 1.02. The van der Waals surface area contributed by atoms with E-state index in [9.17, 15) is 0 Å². The minimum atomic E-state index is 0.0532. The molecule has 2 rings (SSSR count). The van der Waals surface area contributed by atoms with Crippen LogP contribution in [0.5, 0.6) is 0 Å². The first-order chi connectivity index (χ1) is 7.17. The molecule has 1 fully saturated rings. The second-order valence-electron chi connectivity index (χ2n) is 4.93. The molecule has 86 valence electrons. The van der Waals surface area contributed by atoms with E-state index in [4.69, 9.17) is 10.5 Å². The molecule has 15 heavy (non-hydrogen) atoms. The molecule has 1 unspecified atom stereocenters. The summed E-state index contributed by atoms with van der Waals surface area (Å²) in [6, 6.07) is 0.0532. The number of hydrogen-bond acceptors (Lipinski definition) is 3.